The summed E-state index contributed by atoms with van der Waals surface area (Å²) in [5, 5.41) is 7.96. The molecule has 112 valence electrons. The van der Waals surface area contributed by atoms with Crippen molar-refractivity contribution in [3.05, 3.63) is 23.5 Å². The number of likely N-dealkylation sites (N-methyl/N-ethyl adjacent to an activating group) is 1. The van der Waals surface area contributed by atoms with Crippen LogP contribution in [-0.2, 0) is 7.05 Å². The zero-order valence-electron chi connectivity index (χ0n) is 12.2. The minimum absolute atomic E-state index is 0.0389. The highest BCUT2D eigenvalue weighted by Crippen LogP contribution is 2.24. The van der Waals surface area contributed by atoms with Gasteiger partial charge in [0.25, 0.3) is 5.91 Å². The van der Waals surface area contributed by atoms with E-state index >= 15 is 0 Å². The zero-order valence-corrected chi connectivity index (χ0v) is 13.1. The van der Waals surface area contributed by atoms with E-state index in [1.54, 1.807) is 17.1 Å². The van der Waals surface area contributed by atoms with Crippen LogP contribution in [0.15, 0.2) is 18.6 Å². The molecule has 2 aromatic heterocycles. The van der Waals surface area contributed by atoms with Crippen LogP contribution in [0.3, 0.4) is 0 Å². The summed E-state index contributed by atoms with van der Waals surface area (Å²) in [5.74, 6) is -0.0389. The zero-order chi connectivity index (χ0) is 14.8. The largest absolute Gasteiger partial charge is 0.350 e. The van der Waals surface area contributed by atoms with Gasteiger partial charge in [-0.25, -0.2) is 4.98 Å². The third-order valence-electron chi connectivity index (χ3n) is 3.85. The van der Waals surface area contributed by atoms with E-state index in [0.717, 1.165) is 23.5 Å². The molecule has 3 heterocycles. The van der Waals surface area contributed by atoms with Crippen molar-refractivity contribution in [1.29, 1.82) is 0 Å². The maximum atomic E-state index is 12.2. The number of carbonyl (C=O) groups is 1. The monoisotopic (exact) mass is 305 g/mol. The summed E-state index contributed by atoms with van der Waals surface area (Å²) in [6.45, 7) is 1.82. The Balaban J connectivity index is 1.61. The molecule has 3 rings (SSSR count). The smallest absolute Gasteiger partial charge is 0.263 e. The van der Waals surface area contributed by atoms with E-state index < -0.39 is 0 Å². The lowest BCUT2D eigenvalue weighted by molar-refractivity contribution is 0.0947. The van der Waals surface area contributed by atoms with E-state index in [2.05, 4.69) is 27.3 Å². The molecule has 1 N–H and O–H groups in total. The third-order valence-corrected chi connectivity index (χ3v) is 4.90. The Morgan fingerprint density at radius 3 is 3.00 bits per heavy atom. The topological polar surface area (TPSA) is 63.1 Å². The van der Waals surface area contributed by atoms with Crippen molar-refractivity contribution in [2.24, 2.45) is 7.05 Å². The van der Waals surface area contributed by atoms with Crippen molar-refractivity contribution >= 4 is 17.2 Å². The maximum absolute atomic E-state index is 12.2. The molecule has 1 aliphatic rings. The Morgan fingerprint density at radius 1 is 1.48 bits per heavy atom. The number of nitrogens with one attached hydrogen (secondary N) is 1. The van der Waals surface area contributed by atoms with E-state index in [9.17, 15) is 4.79 Å². The minimum atomic E-state index is -0.0389. The molecule has 0 radical (unpaired) electrons. The predicted octanol–water partition coefficient (Wildman–Crippen LogP) is 1.37. The quantitative estimate of drug-likeness (QED) is 0.926. The van der Waals surface area contributed by atoms with Crippen molar-refractivity contribution in [2.45, 2.75) is 18.9 Å². The van der Waals surface area contributed by atoms with Gasteiger partial charge in [-0.2, -0.15) is 5.10 Å². The molecule has 21 heavy (non-hydrogen) atoms. The fourth-order valence-electron chi connectivity index (χ4n) is 2.58. The first-order valence-corrected chi connectivity index (χ1v) is 7.88. The predicted molar refractivity (Wildman–Crippen MR) is 82.3 cm³/mol. The molecule has 7 heteroatoms. The van der Waals surface area contributed by atoms with Crippen LogP contribution in [0.4, 0.5) is 0 Å². The summed E-state index contributed by atoms with van der Waals surface area (Å²) >= 11 is 1.40. The molecule has 0 spiro atoms. The molecule has 1 fully saturated rings. The second kappa shape index (κ2) is 5.95. The van der Waals surface area contributed by atoms with Crippen LogP contribution in [-0.4, -0.2) is 51.8 Å². The summed E-state index contributed by atoms with van der Waals surface area (Å²) in [6.07, 6.45) is 7.66. The minimum Gasteiger partial charge on any atom is -0.350 e. The summed E-state index contributed by atoms with van der Waals surface area (Å²) in [7, 11) is 3.97. The first-order chi connectivity index (χ1) is 10.1. The highest BCUT2D eigenvalue weighted by molar-refractivity contribution is 7.16. The van der Waals surface area contributed by atoms with Gasteiger partial charge in [-0.3, -0.25) is 9.48 Å². The van der Waals surface area contributed by atoms with Gasteiger partial charge in [-0.05, 0) is 26.4 Å². The van der Waals surface area contributed by atoms with E-state index in [0.29, 0.717) is 17.5 Å². The maximum Gasteiger partial charge on any atom is 0.263 e. The van der Waals surface area contributed by atoms with Gasteiger partial charge >= 0.3 is 0 Å². The normalized spacial score (nSPS) is 19.0. The van der Waals surface area contributed by atoms with Crippen molar-refractivity contribution in [3.8, 4) is 10.6 Å². The summed E-state index contributed by atoms with van der Waals surface area (Å²) in [5.41, 5.74) is 0.942. The fraction of sp³-hybridized carbons (Fsp3) is 0.500. The number of aryl methyl sites for hydroxylation is 1. The van der Waals surface area contributed by atoms with Gasteiger partial charge in [-0.1, -0.05) is 0 Å². The SMILES string of the molecule is CN1CCC[C@@H]1CNC(=O)c1cnc(-c2cnn(C)c2)s1. The Kier molecular flexibility index (Phi) is 4.03. The average Bonchev–Trinajstić information content (AvgIpc) is 3.16. The summed E-state index contributed by atoms with van der Waals surface area (Å²) in [6, 6.07) is 0.458. The van der Waals surface area contributed by atoms with Crippen LogP contribution in [0.25, 0.3) is 10.6 Å². The number of hydrogen-bond donors (Lipinski definition) is 1. The Hall–Kier alpha value is -1.73. The van der Waals surface area contributed by atoms with Crippen LogP contribution in [0.2, 0.25) is 0 Å². The molecule has 1 saturated heterocycles. The molecule has 0 unspecified atom stereocenters. The van der Waals surface area contributed by atoms with E-state index in [4.69, 9.17) is 0 Å². The lowest BCUT2D eigenvalue weighted by Gasteiger charge is -2.19. The van der Waals surface area contributed by atoms with Gasteiger partial charge in [-0.15, -0.1) is 11.3 Å². The van der Waals surface area contributed by atoms with Gasteiger partial charge in [0, 0.05) is 31.4 Å². The molecule has 0 aromatic carbocycles. The number of rotatable bonds is 4. The van der Waals surface area contributed by atoms with Gasteiger partial charge < -0.3 is 10.2 Å². The second-order valence-corrected chi connectivity index (χ2v) is 6.45. The van der Waals surface area contributed by atoms with Crippen molar-refractivity contribution < 1.29 is 4.79 Å². The summed E-state index contributed by atoms with van der Waals surface area (Å²) in [4.78, 5) is 19.4. The molecular weight excluding hydrogens is 286 g/mol. The van der Waals surface area contributed by atoms with Gasteiger partial charge in [0.15, 0.2) is 0 Å². The van der Waals surface area contributed by atoms with Crippen LogP contribution < -0.4 is 5.32 Å². The lowest BCUT2D eigenvalue weighted by Crippen LogP contribution is -2.37. The van der Waals surface area contributed by atoms with Crippen molar-refractivity contribution in [1.82, 2.24) is 25.0 Å². The van der Waals surface area contributed by atoms with Gasteiger partial charge in [0.05, 0.1) is 12.4 Å². The molecule has 1 aliphatic heterocycles. The third kappa shape index (κ3) is 3.14. The Bertz CT molecular complexity index is 635. The molecule has 2 aromatic rings. The van der Waals surface area contributed by atoms with Crippen LogP contribution in [0.5, 0.6) is 0 Å². The number of amides is 1. The summed E-state index contributed by atoms with van der Waals surface area (Å²) < 4.78 is 1.73. The molecule has 1 atom stereocenters. The highest BCUT2D eigenvalue weighted by Gasteiger charge is 2.21. The molecule has 0 bridgehead atoms. The van der Waals surface area contributed by atoms with E-state index in [1.807, 2.05) is 13.2 Å². The molecular formula is C14H19N5OS. The van der Waals surface area contributed by atoms with Crippen molar-refractivity contribution in [2.75, 3.05) is 20.1 Å². The van der Waals surface area contributed by atoms with Crippen LogP contribution in [0.1, 0.15) is 22.5 Å². The van der Waals surface area contributed by atoms with Crippen LogP contribution in [0, 0.1) is 0 Å². The number of nitrogens with zero attached hydrogens (tertiary/aromatic N) is 4. The molecule has 1 amide bonds. The lowest BCUT2D eigenvalue weighted by atomic mass is 10.2. The van der Waals surface area contributed by atoms with Gasteiger partial charge in [0.1, 0.15) is 9.88 Å². The van der Waals surface area contributed by atoms with E-state index in [-0.39, 0.29) is 5.91 Å². The fourth-order valence-corrected chi connectivity index (χ4v) is 3.39. The van der Waals surface area contributed by atoms with E-state index in [1.165, 1.54) is 17.8 Å². The number of thiazole rings is 1. The highest BCUT2D eigenvalue weighted by atomic mass is 32.1. The first kappa shape index (κ1) is 14.2. The molecule has 6 nitrogen and oxygen atoms in total. The molecule has 0 saturated carbocycles. The number of hydrogen-bond acceptors (Lipinski definition) is 5. The molecule has 0 aliphatic carbocycles. The van der Waals surface area contributed by atoms with Crippen LogP contribution >= 0.6 is 11.3 Å². The van der Waals surface area contributed by atoms with Gasteiger partial charge in [0.2, 0.25) is 0 Å². The second-order valence-electron chi connectivity index (χ2n) is 5.42. The Labute approximate surface area is 127 Å². The number of likely N-dealkylation sites (tertiary alicyclic amines) is 1. The van der Waals surface area contributed by atoms with Crippen molar-refractivity contribution in [3.63, 3.8) is 0 Å². The standard InChI is InChI=1S/C14H19N5OS/c1-18-5-3-4-11(18)7-15-13(20)12-8-16-14(21-12)10-6-17-19(2)9-10/h6,8-9,11H,3-5,7H2,1-2H3,(H,15,20)/t11-/m1/s1. The first-order valence-electron chi connectivity index (χ1n) is 7.07. The number of aromatic nitrogens is 3. The number of carbonyl (C=O) groups excluding carboxylic acids is 1. The Morgan fingerprint density at radius 2 is 2.33 bits per heavy atom. The average molecular weight is 305 g/mol.